The van der Waals surface area contributed by atoms with Crippen molar-refractivity contribution in [3.63, 3.8) is 0 Å². The second-order valence-electron chi connectivity index (χ2n) is 10.7. The summed E-state index contributed by atoms with van der Waals surface area (Å²) in [7, 11) is 0. The van der Waals surface area contributed by atoms with Gasteiger partial charge in [0, 0.05) is 10.9 Å². The highest BCUT2D eigenvalue weighted by Gasteiger charge is 2.30. The molecule has 8 rings (SSSR count). The van der Waals surface area contributed by atoms with E-state index in [1.54, 1.807) is 0 Å². The summed E-state index contributed by atoms with van der Waals surface area (Å²) in [5.74, 6) is 1.44. The van der Waals surface area contributed by atoms with Gasteiger partial charge in [0.15, 0.2) is 11.5 Å². The molecule has 0 saturated heterocycles. The van der Waals surface area contributed by atoms with Crippen molar-refractivity contribution in [3.8, 4) is 33.9 Å². The molecule has 1 aromatic heterocycles. The van der Waals surface area contributed by atoms with Gasteiger partial charge in [-0.25, -0.2) is 4.98 Å². The average Bonchev–Trinajstić information content (AvgIpc) is 3.06. The first-order chi connectivity index (χ1) is 21.5. The van der Waals surface area contributed by atoms with Crippen molar-refractivity contribution in [3.05, 3.63) is 145 Å². The lowest BCUT2D eigenvalue weighted by atomic mass is 9.93. The number of hydrogen-bond donors (Lipinski definition) is 0. The molecule has 7 aromatic rings. The summed E-state index contributed by atoms with van der Waals surface area (Å²) >= 11 is 0. The smallest absolute Gasteiger partial charge is 0.416 e. The highest BCUT2D eigenvalue weighted by atomic mass is 19.4. The standard InChI is InChI=1S/C38H23F3N2O/c39-38(40,41)26-21-19-25(20-22-26)31-23-30(28-12-7-10-24-9-1-2-11-27(24)28)29-13-8-16-34(37(29)42-31)43-32-14-3-5-17-35(32)44-36-18-6-4-15-33(36)43/h1-23H. The quantitative estimate of drug-likeness (QED) is 0.208. The number of hydrogen-bond acceptors (Lipinski definition) is 3. The fourth-order valence-corrected chi connectivity index (χ4v) is 6.04. The van der Waals surface area contributed by atoms with Crippen molar-refractivity contribution < 1.29 is 17.9 Å². The first-order valence-corrected chi connectivity index (χ1v) is 14.2. The minimum atomic E-state index is -4.42. The zero-order valence-electron chi connectivity index (χ0n) is 23.2. The van der Waals surface area contributed by atoms with Crippen molar-refractivity contribution in [1.29, 1.82) is 0 Å². The van der Waals surface area contributed by atoms with Gasteiger partial charge in [-0.15, -0.1) is 0 Å². The molecule has 0 spiro atoms. The highest BCUT2D eigenvalue weighted by molar-refractivity contribution is 6.10. The topological polar surface area (TPSA) is 25.4 Å². The molecule has 3 nitrogen and oxygen atoms in total. The number of aromatic nitrogens is 1. The Bertz CT molecular complexity index is 2160. The summed E-state index contributed by atoms with van der Waals surface area (Å²) in [5.41, 5.74) is 5.73. The number of fused-ring (bicyclic) bond motifs is 4. The maximum atomic E-state index is 13.4. The summed E-state index contributed by atoms with van der Waals surface area (Å²) in [6, 6.07) is 43.4. The maximum absolute atomic E-state index is 13.4. The Balaban J connectivity index is 1.44. The van der Waals surface area contributed by atoms with E-state index in [2.05, 4.69) is 35.2 Å². The molecule has 1 aliphatic heterocycles. The fourth-order valence-electron chi connectivity index (χ4n) is 6.04. The van der Waals surface area contributed by atoms with Crippen LogP contribution in [0.5, 0.6) is 11.5 Å². The zero-order chi connectivity index (χ0) is 29.8. The molecule has 0 N–H and O–H groups in total. The minimum absolute atomic E-state index is 0.580. The van der Waals surface area contributed by atoms with Crippen LogP contribution in [0.4, 0.5) is 30.2 Å². The van der Waals surface area contributed by atoms with Gasteiger partial charge in [0.2, 0.25) is 0 Å². The molecule has 0 amide bonds. The lowest BCUT2D eigenvalue weighted by molar-refractivity contribution is -0.137. The third kappa shape index (κ3) is 4.26. The molecule has 0 atom stereocenters. The Morgan fingerprint density at radius 3 is 1.86 bits per heavy atom. The molecule has 44 heavy (non-hydrogen) atoms. The molecule has 1 aliphatic rings. The second kappa shape index (κ2) is 9.99. The van der Waals surface area contributed by atoms with Gasteiger partial charge in [-0.3, -0.25) is 0 Å². The van der Waals surface area contributed by atoms with Crippen LogP contribution in [-0.4, -0.2) is 4.98 Å². The van der Waals surface area contributed by atoms with Crippen LogP contribution in [0, 0.1) is 0 Å². The zero-order valence-corrected chi connectivity index (χ0v) is 23.2. The molecule has 212 valence electrons. The van der Waals surface area contributed by atoms with Gasteiger partial charge in [-0.2, -0.15) is 13.2 Å². The lowest BCUT2D eigenvalue weighted by Crippen LogP contribution is -2.16. The van der Waals surface area contributed by atoms with Crippen LogP contribution < -0.4 is 9.64 Å². The summed E-state index contributed by atoms with van der Waals surface area (Å²) in [4.78, 5) is 7.31. The molecule has 0 aliphatic carbocycles. The predicted molar refractivity (Wildman–Crippen MR) is 170 cm³/mol. The average molecular weight is 581 g/mol. The Hall–Kier alpha value is -5.62. The van der Waals surface area contributed by atoms with E-state index in [9.17, 15) is 13.2 Å². The monoisotopic (exact) mass is 580 g/mol. The molecular formula is C38H23F3N2O. The normalized spacial score (nSPS) is 12.6. The van der Waals surface area contributed by atoms with E-state index in [1.165, 1.54) is 12.1 Å². The number of para-hydroxylation sites is 5. The van der Waals surface area contributed by atoms with Gasteiger partial charge in [-0.05, 0) is 70.4 Å². The van der Waals surface area contributed by atoms with Crippen LogP contribution in [0.15, 0.2) is 140 Å². The molecule has 2 heterocycles. The Kier molecular flexibility index (Phi) is 5.91. The van der Waals surface area contributed by atoms with Gasteiger partial charge < -0.3 is 9.64 Å². The van der Waals surface area contributed by atoms with E-state index in [0.717, 1.165) is 73.5 Å². The first-order valence-electron chi connectivity index (χ1n) is 14.2. The Morgan fingerprint density at radius 1 is 0.545 bits per heavy atom. The fraction of sp³-hybridized carbons (Fsp3) is 0.0263. The van der Waals surface area contributed by atoms with Crippen molar-refractivity contribution in [2.24, 2.45) is 0 Å². The Labute approximate surface area is 251 Å². The third-order valence-electron chi connectivity index (χ3n) is 8.08. The minimum Gasteiger partial charge on any atom is -0.453 e. The van der Waals surface area contributed by atoms with E-state index >= 15 is 0 Å². The van der Waals surface area contributed by atoms with E-state index in [0.29, 0.717) is 11.3 Å². The predicted octanol–water partition coefficient (Wildman–Crippen LogP) is 11.3. The highest BCUT2D eigenvalue weighted by Crippen LogP contribution is 2.52. The Morgan fingerprint density at radius 2 is 1.14 bits per heavy atom. The lowest BCUT2D eigenvalue weighted by Gasteiger charge is -2.33. The van der Waals surface area contributed by atoms with Crippen molar-refractivity contribution >= 4 is 38.7 Å². The third-order valence-corrected chi connectivity index (χ3v) is 8.08. The van der Waals surface area contributed by atoms with Gasteiger partial charge >= 0.3 is 6.18 Å². The summed E-state index contributed by atoms with van der Waals surface area (Å²) in [6.45, 7) is 0. The first kappa shape index (κ1) is 26.0. The molecule has 0 bridgehead atoms. The van der Waals surface area contributed by atoms with Crippen LogP contribution in [0.25, 0.3) is 44.1 Å². The molecule has 0 fully saturated rings. The van der Waals surface area contributed by atoms with Crippen LogP contribution >= 0.6 is 0 Å². The summed E-state index contributed by atoms with van der Waals surface area (Å²) in [6.07, 6.45) is -4.42. The summed E-state index contributed by atoms with van der Waals surface area (Å²) in [5, 5.41) is 3.10. The second-order valence-corrected chi connectivity index (χ2v) is 10.7. The number of ether oxygens (including phenoxy) is 1. The van der Waals surface area contributed by atoms with Crippen LogP contribution in [0.3, 0.4) is 0 Å². The largest absolute Gasteiger partial charge is 0.453 e. The molecule has 0 radical (unpaired) electrons. The van der Waals surface area contributed by atoms with Crippen LogP contribution in [0.1, 0.15) is 5.56 Å². The van der Waals surface area contributed by atoms with Gasteiger partial charge in [0.25, 0.3) is 0 Å². The SMILES string of the molecule is FC(F)(F)c1ccc(-c2cc(-c3cccc4ccccc34)c3cccc(N4c5ccccc5Oc5ccccc54)c3n2)cc1. The van der Waals surface area contributed by atoms with Crippen LogP contribution in [0.2, 0.25) is 0 Å². The number of anilines is 3. The molecule has 0 unspecified atom stereocenters. The van der Waals surface area contributed by atoms with E-state index in [4.69, 9.17) is 9.72 Å². The number of nitrogens with zero attached hydrogens (tertiary/aromatic N) is 2. The molecule has 6 heteroatoms. The van der Waals surface area contributed by atoms with E-state index in [1.807, 2.05) is 84.9 Å². The molecule has 6 aromatic carbocycles. The van der Waals surface area contributed by atoms with Crippen molar-refractivity contribution in [1.82, 2.24) is 4.98 Å². The van der Waals surface area contributed by atoms with Gasteiger partial charge in [-0.1, -0.05) is 91.0 Å². The molecule has 0 saturated carbocycles. The van der Waals surface area contributed by atoms with Crippen LogP contribution in [-0.2, 0) is 6.18 Å². The number of alkyl halides is 3. The van der Waals surface area contributed by atoms with Gasteiger partial charge in [0.05, 0.1) is 33.8 Å². The van der Waals surface area contributed by atoms with Crippen molar-refractivity contribution in [2.75, 3.05) is 4.90 Å². The number of rotatable bonds is 3. The number of pyridine rings is 1. The summed E-state index contributed by atoms with van der Waals surface area (Å²) < 4.78 is 46.6. The van der Waals surface area contributed by atoms with E-state index in [-0.39, 0.29) is 0 Å². The maximum Gasteiger partial charge on any atom is 0.416 e. The number of halogens is 3. The van der Waals surface area contributed by atoms with Crippen molar-refractivity contribution in [2.45, 2.75) is 6.18 Å². The number of benzene rings is 6. The van der Waals surface area contributed by atoms with E-state index < -0.39 is 11.7 Å². The van der Waals surface area contributed by atoms with Gasteiger partial charge in [0.1, 0.15) is 0 Å². The molecular weight excluding hydrogens is 557 g/mol.